The van der Waals surface area contributed by atoms with Gasteiger partial charge in [-0.05, 0) is 13.0 Å². The van der Waals surface area contributed by atoms with Gasteiger partial charge in [0.2, 0.25) is 5.69 Å². The first-order chi connectivity index (χ1) is 6.97. The number of hydrogen-bond acceptors (Lipinski definition) is 4. The zero-order chi connectivity index (χ0) is 11.6. The van der Waals surface area contributed by atoms with Gasteiger partial charge in [-0.15, -0.1) is 0 Å². The second kappa shape index (κ2) is 3.96. The highest BCUT2D eigenvalue weighted by Gasteiger charge is 2.27. The molecule has 0 aromatic carbocycles. The molecule has 0 aliphatic rings. The van der Waals surface area contributed by atoms with E-state index in [0.29, 0.717) is 0 Å². The Morgan fingerprint density at radius 2 is 2.27 bits per heavy atom. The van der Waals surface area contributed by atoms with Crippen LogP contribution in [0, 0.1) is 28.4 Å². The molecular weight excluding hydrogens is 208 g/mol. The van der Waals surface area contributed by atoms with Gasteiger partial charge in [0.15, 0.2) is 0 Å². The summed E-state index contributed by atoms with van der Waals surface area (Å²) in [6.07, 6.45) is -3.00. The minimum atomic E-state index is -3.00. The molecule has 5 nitrogen and oxygen atoms in total. The van der Waals surface area contributed by atoms with Gasteiger partial charge in [0, 0.05) is 5.69 Å². The minimum Gasteiger partial charge on any atom is -0.258 e. The largest absolute Gasteiger partial charge is 0.314 e. The highest BCUT2D eigenvalue weighted by molar-refractivity contribution is 5.51. The number of aromatic nitrogens is 1. The fourth-order valence-electron chi connectivity index (χ4n) is 1.13. The average Bonchev–Trinajstić information content (AvgIpc) is 2.15. The number of nitrogens with zero attached hydrogens (tertiary/aromatic N) is 3. The summed E-state index contributed by atoms with van der Waals surface area (Å²) in [5.74, 6) is 0. The fourth-order valence-corrected chi connectivity index (χ4v) is 1.13. The molecule has 0 amide bonds. The van der Waals surface area contributed by atoms with E-state index in [2.05, 4.69) is 4.98 Å². The number of nitro groups is 1. The maximum absolute atomic E-state index is 12.4. The van der Waals surface area contributed by atoms with Gasteiger partial charge in [-0.25, -0.2) is 13.8 Å². The van der Waals surface area contributed by atoms with E-state index in [9.17, 15) is 18.9 Å². The normalized spacial score (nSPS) is 10.1. The van der Waals surface area contributed by atoms with Gasteiger partial charge >= 0.3 is 5.69 Å². The molecule has 0 aliphatic heterocycles. The van der Waals surface area contributed by atoms with Crippen molar-refractivity contribution in [2.45, 2.75) is 13.3 Å². The Hall–Kier alpha value is -2.10. The zero-order valence-electron chi connectivity index (χ0n) is 7.57. The minimum absolute atomic E-state index is 0.146. The second-order valence-electron chi connectivity index (χ2n) is 2.72. The van der Waals surface area contributed by atoms with Gasteiger partial charge < -0.3 is 0 Å². The lowest BCUT2D eigenvalue weighted by Crippen LogP contribution is -2.02. The molecule has 78 valence electrons. The van der Waals surface area contributed by atoms with E-state index in [-0.39, 0.29) is 5.69 Å². The Morgan fingerprint density at radius 3 is 2.67 bits per heavy atom. The molecular formula is C8H5F2N3O2. The summed E-state index contributed by atoms with van der Waals surface area (Å²) in [5, 5.41) is 19.0. The van der Waals surface area contributed by atoms with Gasteiger partial charge in [0.1, 0.15) is 11.6 Å². The predicted molar refractivity (Wildman–Crippen MR) is 45.3 cm³/mol. The van der Waals surface area contributed by atoms with Gasteiger partial charge in [-0.3, -0.25) is 10.1 Å². The van der Waals surface area contributed by atoms with E-state index in [1.807, 2.05) is 0 Å². The molecule has 0 spiro atoms. The molecule has 0 saturated heterocycles. The van der Waals surface area contributed by atoms with Crippen molar-refractivity contribution in [2.24, 2.45) is 0 Å². The summed E-state index contributed by atoms with van der Waals surface area (Å²) in [4.78, 5) is 13.0. The van der Waals surface area contributed by atoms with Crippen molar-refractivity contribution in [1.82, 2.24) is 4.98 Å². The number of halogens is 2. The lowest BCUT2D eigenvalue weighted by molar-refractivity contribution is -0.386. The van der Waals surface area contributed by atoms with Crippen LogP contribution in [-0.2, 0) is 0 Å². The van der Waals surface area contributed by atoms with E-state index in [0.717, 1.165) is 6.07 Å². The van der Waals surface area contributed by atoms with E-state index in [1.54, 1.807) is 0 Å². The molecule has 0 fully saturated rings. The summed E-state index contributed by atoms with van der Waals surface area (Å²) in [6.45, 7) is 1.39. The molecule has 0 unspecified atom stereocenters. The van der Waals surface area contributed by atoms with Crippen LogP contribution in [-0.4, -0.2) is 9.91 Å². The number of alkyl halides is 2. The first-order valence-corrected chi connectivity index (χ1v) is 3.81. The van der Waals surface area contributed by atoms with Crippen molar-refractivity contribution in [2.75, 3.05) is 0 Å². The van der Waals surface area contributed by atoms with Crippen LogP contribution in [0.3, 0.4) is 0 Å². The molecule has 0 atom stereocenters. The molecule has 15 heavy (non-hydrogen) atoms. The van der Waals surface area contributed by atoms with Crippen molar-refractivity contribution >= 4 is 5.69 Å². The molecule has 0 saturated carbocycles. The summed E-state index contributed by atoms with van der Waals surface area (Å²) in [5.41, 5.74) is -2.13. The maximum atomic E-state index is 12.4. The van der Waals surface area contributed by atoms with Gasteiger partial charge in [-0.1, -0.05) is 0 Å². The van der Waals surface area contributed by atoms with Crippen molar-refractivity contribution in [3.05, 3.63) is 33.1 Å². The first-order valence-electron chi connectivity index (χ1n) is 3.81. The molecule has 0 bridgehead atoms. The molecule has 1 aromatic heterocycles. The lowest BCUT2D eigenvalue weighted by Gasteiger charge is -2.03. The van der Waals surface area contributed by atoms with Crippen LogP contribution in [0.25, 0.3) is 0 Å². The zero-order valence-corrected chi connectivity index (χ0v) is 7.57. The van der Waals surface area contributed by atoms with E-state index in [1.165, 1.54) is 13.0 Å². The Kier molecular flexibility index (Phi) is 2.90. The van der Waals surface area contributed by atoms with Crippen LogP contribution < -0.4 is 0 Å². The van der Waals surface area contributed by atoms with Crippen LogP contribution in [0.1, 0.15) is 23.4 Å². The summed E-state index contributed by atoms with van der Waals surface area (Å²) in [6, 6.07) is 2.33. The van der Waals surface area contributed by atoms with Gasteiger partial charge in [-0.2, -0.15) is 5.26 Å². The van der Waals surface area contributed by atoms with Crippen molar-refractivity contribution in [1.29, 1.82) is 5.26 Å². The Balaban J connectivity index is 3.56. The fraction of sp³-hybridized carbons (Fsp3) is 0.250. The Labute approximate surface area is 83.1 Å². The SMILES string of the molecule is Cc1cc(C(F)F)c([N+](=O)[O-])c(C#N)n1. The van der Waals surface area contributed by atoms with Crippen LogP contribution in [0.5, 0.6) is 0 Å². The summed E-state index contributed by atoms with van der Waals surface area (Å²) < 4.78 is 24.9. The smallest absolute Gasteiger partial charge is 0.258 e. The monoisotopic (exact) mass is 213 g/mol. The molecule has 1 rings (SSSR count). The third-order valence-electron chi connectivity index (χ3n) is 1.67. The summed E-state index contributed by atoms with van der Waals surface area (Å²) in [7, 11) is 0. The quantitative estimate of drug-likeness (QED) is 0.556. The second-order valence-corrected chi connectivity index (χ2v) is 2.72. The number of rotatable bonds is 2. The van der Waals surface area contributed by atoms with Crippen LogP contribution in [0.15, 0.2) is 6.07 Å². The molecule has 0 aliphatic carbocycles. The van der Waals surface area contributed by atoms with Crippen molar-refractivity contribution < 1.29 is 13.7 Å². The highest BCUT2D eigenvalue weighted by atomic mass is 19.3. The van der Waals surface area contributed by atoms with Crippen molar-refractivity contribution in [3.63, 3.8) is 0 Å². The summed E-state index contributed by atoms with van der Waals surface area (Å²) >= 11 is 0. The highest BCUT2D eigenvalue weighted by Crippen LogP contribution is 2.31. The maximum Gasteiger partial charge on any atom is 0.314 e. The van der Waals surface area contributed by atoms with Crippen LogP contribution >= 0.6 is 0 Å². The van der Waals surface area contributed by atoms with Crippen LogP contribution in [0.4, 0.5) is 14.5 Å². The number of aryl methyl sites for hydroxylation is 1. The lowest BCUT2D eigenvalue weighted by atomic mass is 10.1. The predicted octanol–water partition coefficient (Wildman–Crippen LogP) is 2.11. The number of pyridine rings is 1. The molecule has 0 radical (unpaired) electrons. The molecule has 7 heteroatoms. The van der Waals surface area contributed by atoms with E-state index in [4.69, 9.17) is 5.26 Å². The first kappa shape index (κ1) is 11.0. The average molecular weight is 213 g/mol. The molecule has 0 N–H and O–H groups in total. The van der Waals surface area contributed by atoms with Crippen molar-refractivity contribution in [3.8, 4) is 6.07 Å². The topological polar surface area (TPSA) is 79.8 Å². The molecule has 1 heterocycles. The van der Waals surface area contributed by atoms with Crippen LogP contribution in [0.2, 0.25) is 0 Å². The number of nitriles is 1. The van der Waals surface area contributed by atoms with E-state index < -0.39 is 28.3 Å². The Bertz CT molecular complexity index is 454. The number of hydrogen-bond donors (Lipinski definition) is 0. The Morgan fingerprint density at radius 1 is 1.67 bits per heavy atom. The van der Waals surface area contributed by atoms with Gasteiger partial charge in [0.05, 0.1) is 4.92 Å². The third kappa shape index (κ3) is 2.04. The van der Waals surface area contributed by atoms with Gasteiger partial charge in [0.25, 0.3) is 6.43 Å². The van der Waals surface area contributed by atoms with E-state index >= 15 is 0 Å². The third-order valence-corrected chi connectivity index (χ3v) is 1.67. The standard InChI is InChI=1S/C8H5F2N3O2/c1-4-2-5(8(9)10)7(13(14)15)6(3-11)12-4/h2,8H,1H3. The molecule has 1 aromatic rings.